The number of benzene rings is 1. The first-order valence-corrected chi connectivity index (χ1v) is 4.75. The van der Waals surface area contributed by atoms with Gasteiger partial charge in [-0.1, -0.05) is 18.2 Å². The number of carbonyl (C=O) groups excluding carboxylic acids is 1. The zero-order valence-electron chi connectivity index (χ0n) is 8.93. The number of hydrogen-bond donors (Lipinski definition) is 1. The van der Waals surface area contributed by atoms with Gasteiger partial charge in [0.1, 0.15) is 0 Å². The fourth-order valence-corrected chi connectivity index (χ4v) is 1.31. The fraction of sp³-hybridized carbons (Fsp3) is 0.364. The Bertz CT molecular complexity index is 387. The molecule has 1 aromatic carbocycles. The lowest BCUT2D eigenvalue weighted by Gasteiger charge is -2.14. The molecule has 5 heteroatoms. The first-order chi connectivity index (χ1) is 7.38. The van der Waals surface area contributed by atoms with Gasteiger partial charge in [-0.05, 0) is 20.0 Å². The summed E-state index contributed by atoms with van der Waals surface area (Å²) in [6.07, 6.45) is -4.50. The summed E-state index contributed by atoms with van der Waals surface area (Å²) >= 11 is 0. The lowest BCUT2D eigenvalue weighted by Crippen LogP contribution is -2.32. The number of ketones is 1. The molecule has 0 radical (unpaired) electrons. The van der Waals surface area contributed by atoms with Crippen LogP contribution >= 0.6 is 0 Å². The van der Waals surface area contributed by atoms with E-state index in [0.717, 1.165) is 6.07 Å². The Morgan fingerprint density at radius 3 is 2.38 bits per heavy atom. The molecule has 2 nitrogen and oxygen atoms in total. The number of carbonyl (C=O) groups is 1. The highest BCUT2D eigenvalue weighted by Gasteiger charge is 2.35. The zero-order chi connectivity index (χ0) is 12.3. The van der Waals surface area contributed by atoms with Crippen LogP contribution in [0.5, 0.6) is 0 Å². The molecule has 0 saturated carbocycles. The first-order valence-electron chi connectivity index (χ1n) is 4.75. The number of Topliss-reactive ketones (excluding diaryl/α,β-unsaturated/α-hetero) is 1. The van der Waals surface area contributed by atoms with E-state index in [1.807, 2.05) is 0 Å². The van der Waals surface area contributed by atoms with E-state index in [-0.39, 0.29) is 5.56 Å². The van der Waals surface area contributed by atoms with Crippen LogP contribution in [0.1, 0.15) is 22.8 Å². The Balaban J connectivity index is 3.19. The van der Waals surface area contributed by atoms with Crippen LogP contribution in [0.2, 0.25) is 0 Å². The highest BCUT2D eigenvalue weighted by atomic mass is 19.4. The largest absolute Gasteiger partial charge is 0.417 e. The number of hydrogen-bond acceptors (Lipinski definition) is 2. The number of rotatable bonds is 3. The molecule has 1 unspecified atom stereocenters. The van der Waals surface area contributed by atoms with Crippen molar-refractivity contribution in [2.45, 2.75) is 19.1 Å². The van der Waals surface area contributed by atoms with Crippen LogP contribution in [0.4, 0.5) is 13.2 Å². The summed E-state index contributed by atoms with van der Waals surface area (Å²) in [5.74, 6) is -0.560. The van der Waals surface area contributed by atoms with Gasteiger partial charge in [0.25, 0.3) is 0 Å². The standard InChI is InChI=1S/C11H12F3NO/c1-7(15-2)10(16)8-5-3-4-6-9(8)11(12,13)14/h3-7,15H,1-2H3. The second-order valence-corrected chi connectivity index (χ2v) is 3.42. The van der Waals surface area contributed by atoms with E-state index in [0.29, 0.717) is 0 Å². The summed E-state index contributed by atoms with van der Waals surface area (Å²) in [5, 5.41) is 2.62. The molecule has 0 aromatic heterocycles. The van der Waals surface area contributed by atoms with E-state index in [1.54, 1.807) is 0 Å². The van der Waals surface area contributed by atoms with E-state index < -0.39 is 23.6 Å². The average Bonchev–Trinajstić information content (AvgIpc) is 2.26. The molecular formula is C11H12F3NO. The third-order valence-corrected chi connectivity index (χ3v) is 2.32. The topological polar surface area (TPSA) is 29.1 Å². The van der Waals surface area contributed by atoms with Gasteiger partial charge in [-0.3, -0.25) is 4.79 Å². The van der Waals surface area contributed by atoms with Gasteiger partial charge >= 0.3 is 6.18 Å². The SMILES string of the molecule is CNC(C)C(=O)c1ccccc1C(F)(F)F. The molecule has 0 bridgehead atoms. The second-order valence-electron chi connectivity index (χ2n) is 3.42. The van der Waals surface area contributed by atoms with Gasteiger partial charge in [-0.15, -0.1) is 0 Å². The van der Waals surface area contributed by atoms with Crippen molar-refractivity contribution in [2.75, 3.05) is 7.05 Å². The number of alkyl halides is 3. The Kier molecular flexibility index (Phi) is 3.70. The van der Waals surface area contributed by atoms with Gasteiger partial charge in [0.2, 0.25) is 0 Å². The smallest absolute Gasteiger partial charge is 0.310 e. The maximum absolute atomic E-state index is 12.6. The minimum atomic E-state index is -4.50. The van der Waals surface area contributed by atoms with Crippen molar-refractivity contribution in [1.29, 1.82) is 0 Å². The minimum Gasteiger partial charge on any atom is -0.310 e. The van der Waals surface area contributed by atoms with E-state index in [4.69, 9.17) is 0 Å². The summed E-state index contributed by atoms with van der Waals surface area (Å²) in [5.41, 5.74) is -1.18. The van der Waals surface area contributed by atoms with Gasteiger partial charge < -0.3 is 5.32 Å². The lowest BCUT2D eigenvalue weighted by atomic mass is 9.99. The van der Waals surface area contributed by atoms with Crippen LogP contribution in [0, 0.1) is 0 Å². The van der Waals surface area contributed by atoms with Crippen LogP contribution < -0.4 is 5.32 Å². The van der Waals surface area contributed by atoms with Crippen LogP contribution in [0.25, 0.3) is 0 Å². The van der Waals surface area contributed by atoms with E-state index in [2.05, 4.69) is 5.32 Å². The normalized spacial score (nSPS) is 13.6. The van der Waals surface area contributed by atoms with Crippen molar-refractivity contribution in [3.63, 3.8) is 0 Å². The molecule has 1 rings (SSSR count). The van der Waals surface area contributed by atoms with Gasteiger partial charge in [-0.2, -0.15) is 13.2 Å². The summed E-state index contributed by atoms with van der Waals surface area (Å²) in [6.45, 7) is 1.52. The molecule has 16 heavy (non-hydrogen) atoms. The van der Waals surface area contributed by atoms with Crippen molar-refractivity contribution in [1.82, 2.24) is 5.32 Å². The molecule has 0 fully saturated rings. The van der Waals surface area contributed by atoms with E-state index >= 15 is 0 Å². The third-order valence-electron chi connectivity index (χ3n) is 2.32. The maximum Gasteiger partial charge on any atom is 0.417 e. The molecule has 0 spiro atoms. The highest BCUT2D eigenvalue weighted by molar-refractivity contribution is 6.01. The molecular weight excluding hydrogens is 219 g/mol. The van der Waals surface area contributed by atoms with Crippen molar-refractivity contribution in [3.8, 4) is 0 Å². The van der Waals surface area contributed by atoms with E-state index in [1.165, 1.54) is 32.2 Å². The molecule has 1 aromatic rings. The maximum atomic E-state index is 12.6. The average molecular weight is 231 g/mol. The Hall–Kier alpha value is -1.36. The lowest BCUT2D eigenvalue weighted by molar-refractivity contribution is -0.137. The molecule has 0 aliphatic carbocycles. The van der Waals surface area contributed by atoms with Crippen molar-refractivity contribution >= 4 is 5.78 Å². The quantitative estimate of drug-likeness (QED) is 0.810. The Morgan fingerprint density at radius 2 is 1.88 bits per heavy atom. The van der Waals surface area contributed by atoms with Gasteiger partial charge in [-0.25, -0.2) is 0 Å². The van der Waals surface area contributed by atoms with Gasteiger partial charge in [0.05, 0.1) is 11.6 Å². The van der Waals surface area contributed by atoms with Crippen molar-refractivity contribution in [2.24, 2.45) is 0 Å². The third kappa shape index (κ3) is 2.61. The van der Waals surface area contributed by atoms with Crippen LogP contribution in [-0.2, 0) is 6.18 Å². The molecule has 0 heterocycles. The number of halogens is 3. The summed E-state index contributed by atoms with van der Waals surface area (Å²) in [4.78, 5) is 11.7. The fourth-order valence-electron chi connectivity index (χ4n) is 1.31. The zero-order valence-corrected chi connectivity index (χ0v) is 8.93. The summed E-state index contributed by atoms with van der Waals surface area (Å²) < 4.78 is 37.8. The molecule has 88 valence electrons. The second kappa shape index (κ2) is 4.65. The minimum absolute atomic E-state index is 0.295. The molecule has 0 saturated heterocycles. The molecule has 0 aliphatic rings. The predicted molar refractivity (Wildman–Crippen MR) is 54.3 cm³/mol. The van der Waals surface area contributed by atoms with Crippen molar-refractivity contribution < 1.29 is 18.0 Å². The van der Waals surface area contributed by atoms with Crippen molar-refractivity contribution in [3.05, 3.63) is 35.4 Å². The van der Waals surface area contributed by atoms with Crippen LogP contribution in [0.3, 0.4) is 0 Å². The van der Waals surface area contributed by atoms with E-state index in [9.17, 15) is 18.0 Å². The summed E-state index contributed by atoms with van der Waals surface area (Å²) in [7, 11) is 1.53. The predicted octanol–water partition coefficient (Wildman–Crippen LogP) is 2.50. The molecule has 0 aliphatic heterocycles. The molecule has 1 atom stereocenters. The number of likely N-dealkylation sites (N-methyl/N-ethyl adjacent to an activating group) is 1. The molecule has 1 N–H and O–H groups in total. The Morgan fingerprint density at radius 1 is 1.31 bits per heavy atom. The monoisotopic (exact) mass is 231 g/mol. The van der Waals surface area contributed by atoms with Crippen LogP contribution in [-0.4, -0.2) is 18.9 Å². The molecule has 0 amide bonds. The van der Waals surface area contributed by atoms with Gasteiger partial charge in [0, 0.05) is 5.56 Å². The van der Waals surface area contributed by atoms with Gasteiger partial charge in [0.15, 0.2) is 5.78 Å². The number of nitrogens with one attached hydrogen (secondary N) is 1. The Labute approximate surface area is 91.5 Å². The first kappa shape index (κ1) is 12.7. The highest BCUT2D eigenvalue weighted by Crippen LogP contribution is 2.32. The summed E-state index contributed by atoms with van der Waals surface area (Å²) in [6, 6.07) is 4.16. The van der Waals surface area contributed by atoms with Crippen LogP contribution in [0.15, 0.2) is 24.3 Å².